The monoisotopic (exact) mass is 344 g/mol. The van der Waals surface area contributed by atoms with Crippen LogP contribution in [-0.2, 0) is 11.3 Å². The first-order valence-corrected chi connectivity index (χ1v) is 7.70. The molecule has 0 aliphatic rings. The van der Waals surface area contributed by atoms with Crippen molar-refractivity contribution >= 4 is 23.0 Å². The zero-order chi connectivity index (χ0) is 17.1. The summed E-state index contributed by atoms with van der Waals surface area (Å²) in [5, 5.41) is 15.2. The molecule has 2 aromatic heterocycles. The number of carbonyl (C=O) groups excluding carboxylic acids is 1. The molecule has 0 aliphatic carbocycles. The average molecular weight is 344 g/mol. The molecule has 0 aliphatic heterocycles. The van der Waals surface area contributed by atoms with Crippen molar-refractivity contribution in [2.24, 2.45) is 0 Å². The minimum Gasteiger partial charge on any atom is -0.465 e. The molecular formula is C15H12N4O4S. The summed E-state index contributed by atoms with van der Waals surface area (Å²) in [4.78, 5) is 27.5. The Bertz CT molecular complexity index is 902. The minimum atomic E-state index is -0.458. The highest BCUT2D eigenvalue weighted by atomic mass is 32.1. The van der Waals surface area contributed by atoms with Crippen LogP contribution in [0.25, 0.3) is 11.4 Å². The highest BCUT2D eigenvalue weighted by Crippen LogP contribution is 2.22. The Labute approximate surface area is 140 Å². The molecule has 1 aromatic carbocycles. The van der Waals surface area contributed by atoms with E-state index in [0.717, 1.165) is 4.88 Å². The van der Waals surface area contributed by atoms with Gasteiger partial charge < -0.3 is 4.74 Å². The summed E-state index contributed by atoms with van der Waals surface area (Å²) in [5.74, 6) is 0.0329. The standard InChI is InChI=1S/C15H12N4O4S/c1-23-15(20)13-6-5-12(24-13)8-18-9-16-14(17-18)10-3-2-4-11(7-10)19(21)22/h2-7,9H,8H2,1H3. The van der Waals surface area contributed by atoms with Crippen LogP contribution in [0, 0.1) is 10.1 Å². The third-order valence-electron chi connectivity index (χ3n) is 3.22. The van der Waals surface area contributed by atoms with Crippen molar-refractivity contribution in [2.45, 2.75) is 6.54 Å². The summed E-state index contributed by atoms with van der Waals surface area (Å²) in [6, 6.07) is 9.68. The second-order valence-electron chi connectivity index (χ2n) is 4.83. The van der Waals surface area contributed by atoms with E-state index in [2.05, 4.69) is 14.8 Å². The molecule has 24 heavy (non-hydrogen) atoms. The van der Waals surface area contributed by atoms with Crippen molar-refractivity contribution in [3.8, 4) is 11.4 Å². The van der Waals surface area contributed by atoms with Crippen molar-refractivity contribution < 1.29 is 14.5 Å². The number of non-ortho nitro benzene ring substituents is 1. The van der Waals surface area contributed by atoms with Crippen LogP contribution in [0.15, 0.2) is 42.7 Å². The Kier molecular flexibility index (Phi) is 4.34. The lowest BCUT2D eigenvalue weighted by Gasteiger charge is -1.98. The molecule has 0 saturated heterocycles. The molecule has 0 radical (unpaired) electrons. The molecule has 0 bridgehead atoms. The van der Waals surface area contributed by atoms with E-state index in [1.807, 2.05) is 6.07 Å². The second kappa shape index (κ2) is 6.59. The van der Waals surface area contributed by atoms with Crippen molar-refractivity contribution in [1.82, 2.24) is 14.8 Å². The van der Waals surface area contributed by atoms with Gasteiger partial charge in [-0.1, -0.05) is 12.1 Å². The number of rotatable bonds is 5. The Morgan fingerprint density at radius 2 is 2.21 bits per heavy atom. The van der Waals surface area contributed by atoms with Crippen LogP contribution in [0.4, 0.5) is 5.69 Å². The average Bonchev–Trinajstić information content (AvgIpc) is 3.24. The summed E-state index contributed by atoms with van der Waals surface area (Å²) < 4.78 is 6.29. The van der Waals surface area contributed by atoms with E-state index >= 15 is 0 Å². The first-order valence-electron chi connectivity index (χ1n) is 6.88. The molecule has 9 heteroatoms. The maximum absolute atomic E-state index is 11.5. The fourth-order valence-corrected chi connectivity index (χ4v) is 3.01. The number of hydrogen-bond donors (Lipinski definition) is 0. The summed E-state index contributed by atoms with van der Waals surface area (Å²) in [5.41, 5.74) is 0.564. The quantitative estimate of drug-likeness (QED) is 0.401. The first kappa shape index (κ1) is 15.8. The summed E-state index contributed by atoms with van der Waals surface area (Å²) in [7, 11) is 1.34. The van der Waals surface area contributed by atoms with E-state index in [1.165, 1.54) is 30.6 Å². The van der Waals surface area contributed by atoms with E-state index in [4.69, 9.17) is 0 Å². The summed E-state index contributed by atoms with van der Waals surface area (Å²) in [6.45, 7) is 0.448. The number of nitrogens with zero attached hydrogens (tertiary/aromatic N) is 4. The smallest absolute Gasteiger partial charge is 0.348 e. The van der Waals surface area contributed by atoms with Gasteiger partial charge in [0.25, 0.3) is 5.69 Å². The maximum atomic E-state index is 11.5. The van der Waals surface area contributed by atoms with E-state index in [1.54, 1.807) is 29.2 Å². The SMILES string of the molecule is COC(=O)c1ccc(Cn2cnc(-c3cccc([N+](=O)[O-])c3)n2)s1. The topological polar surface area (TPSA) is 100 Å². The number of thiophene rings is 1. The van der Waals surface area contributed by atoms with Gasteiger partial charge in [-0.3, -0.25) is 10.1 Å². The molecule has 122 valence electrons. The van der Waals surface area contributed by atoms with Gasteiger partial charge in [-0.05, 0) is 12.1 Å². The molecule has 0 unspecified atom stereocenters. The number of nitro benzene ring substituents is 1. The van der Waals surface area contributed by atoms with E-state index in [9.17, 15) is 14.9 Å². The van der Waals surface area contributed by atoms with Gasteiger partial charge in [-0.2, -0.15) is 5.10 Å². The van der Waals surface area contributed by atoms with Crippen LogP contribution >= 0.6 is 11.3 Å². The normalized spacial score (nSPS) is 10.5. The lowest BCUT2D eigenvalue weighted by molar-refractivity contribution is -0.384. The van der Waals surface area contributed by atoms with Crippen LogP contribution in [0.3, 0.4) is 0 Å². The van der Waals surface area contributed by atoms with Crippen molar-refractivity contribution in [1.29, 1.82) is 0 Å². The molecule has 8 nitrogen and oxygen atoms in total. The van der Waals surface area contributed by atoms with Gasteiger partial charge in [0, 0.05) is 22.6 Å². The van der Waals surface area contributed by atoms with Crippen LogP contribution in [0.5, 0.6) is 0 Å². The van der Waals surface area contributed by atoms with E-state index < -0.39 is 4.92 Å². The molecule has 2 heterocycles. The zero-order valence-electron chi connectivity index (χ0n) is 12.6. The van der Waals surface area contributed by atoms with Gasteiger partial charge in [-0.15, -0.1) is 11.3 Å². The van der Waals surface area contributed by atoms with Crippen LogP contribution in [0.1, 0.15) is 14.5 Å². The number of aromatic nitrogens is 3. The number of nitro groups is 1. The van der Waals surface area contributed by atoms with Crippen molar-refractivity contribution in [3.63, 3.8) is 0 Å². The number of benzene rings is 1. The maximum Gasteiger partial charge on any atom is 0.348 e. The number of methoxy groups -OCH3 is 1. The van der Waals surface area contributed by atoms with Gasteiger partial charge in [0.15, 0.2) is 5.82 Å². The van der Waals surface area contributed by atoms with Crippen molar-refractivity contribution in [3.05, 3.63) is 62.6 Å². The van der Waals surface area contributed by atoms with Gasteiger partial charge in [0.2, 0.25) is 0 Å². The molecule has 3 aromatic rings. The molecule has 0 N–H and O–H groups in total. The second-order valence-corrected chi connectivity index (χ2v) is 6.00. The number of esters is 1. The number of carbonyl (C=O) groups is 1. The molecule has 0 atom stereocenters. The molecule has 0 amide bonds. The molecular weight excluding hydrogens is 332 g/mol. The minimum absolute atomic E-state index is 0.00942. The van der Waals surface area contributed by atoms with Crippen LogP contribution in [0.2, 0.25) is 0 Å². The number of ether oxygens (including phenoxy) is 1. The van der Waals surface area contributed by atoms with Crippen LogP contribution < -0.4 is 0 Å². The zero-order valence-corrected chi connectivity index (χ0v) is 13.4. The van der Waals surface area contributed by atoms with Gasteiger partial charge >= 0.3 is 5.97 Å². The fourth-order valence-electron chi connectivity index (χ4n) is 2.09. The fraction of sp³-hybridized carbons (Fsp3) is 0.133. The van der Waals surface area contributed by atoms with Crippen molar-refractivity contribution in [2.75, 3.05) is 7.11 Å². The lowest BCUT2D eigenvalue weighted by Crippen LogP contribution is -1.99. The first-order chi connectivity index (χ1) is 11.6. The van der Waals surface area contributed by atoms with E-state index in [-0.39, 0.29) is 11.7 Å². The predicted octanol–water partition coefficient (Wildman–Crippen LogP) is 2.75. The lowest BCUT2D eigenvalue weighted by atomic mass is 10.2. The van der Waals surface area contributed by atoms with E-state index in [0.29, 0.717) is 22.8 Å². The molecule has 0 saturated carbocycles. The Hall–Kier alpha value is -3.07. The molecule has 0 spiro atoms. The summed E-state index contributed by atoms with van der Waals surface area (Å²) >= 11 is 1.32. The predicted molar refractivity (Wildman–Crippen MR) is 86.9 cm³/mol. The van der Waals surface area contributed by atoms with Gasteiger partial charge in [-0.25, -0.2) is 14.5 Å². The molecule has 3 rings (SSSR count). The number of hydrogen-bond acceptors (Lipinski definition) is 7. The van der Waals surface area contributed by atoms with Gasteiger partial charge in [0.05, 0.1) is 18.6 Å². The summed E-state index contributed by atoms with van der Waals surface area (Å²) in [6.07, 6.45) is 1.55. The highest BCUT2D eigenvalue weighted by molar-refractivity contribution is 7.13. The van der Waals surface area contributed by atoms with Crippen LogP contribution in [-0.4, -0.2) is 32.8 Å². The molecule has 0 fully saturated rings. The largest absolute Gasteiger partial charge is 0.465 e. The third-order valence-corrected chi connectivity index (χ3v) is 4.27. The Balaban J connectivity index is 1.78. The van der Waals surface area contributed by atoms with Gasteiger partial charge in [0.1, 0.15) is 11.2 Å². The Morgan fingerprint density at radius 1 is 1.38 bits per heavy atom. The third kappa shape index (κ3) is 3.30. The highest BCUT2D eigenvalue weighted by Gasteiger charge is 2.12. The Morgan fingerprint density at radius 3 is 2.96 bits per heavy atom.